The monoisotopic (exact) mass is 404 g/mol. The first-order chi connectivity index (χ1) is 10.7. The highest BCUT2D eigenvalue weighted by Crippen LogP contribution is 2.69. The molecule has 0 N–H and O–H groups in total. The summed E-state index contributed by atoms with van der Waals surface area (Å²) < 4.78 is 134. The average molecular weight is 404 g/mol. The third-order valence-corrected chi connectivity index (χ3v) is 6.09. The molecule has 0 aliphatic heterocycles. The van der Waals surface area contributed by atoms with Crippen LogP contribution in [0.1, 0.15) is 0 Å². The Morgan fingerprint density at radius 3 is 1.71 bits per heavy atom. The first-order valence-electron chi connectivity index (χ1n) is 5.98. The van der Waals surface area contributed by atoms with Crippen molar-refractivity contribution in [3.8, 4) is 0 Å². The molecular formula is C12H6F10S2. The van der Waals surface area contributed by atoms with E-state index in [1.54, 1.807) is 0 Å². The first-order valence-corrected chi connectivity index (χ1v) is 8.13. The van der Waals surface area contributed by atoms with Crippen LogP contribution in [0, 0.1) is 0 Å². The lowest BCUT2D eigenvalue weighted by Gasteiger charge is -2.49. The lowest BCUT2D eigenvalue weighted by atomic mass is 9.82. The van der Waals surface area contributed by atoms with E-state index in [0.29, 0.717) is 0 Å². The molecular weight excluding hydrogens is 398 g/mol. The topological polar surface area (TPSA) is 0 Å². The number of halogens is 10. The number of hydrogen-bond acceptors (Lipinski definition) is 2. The molecule has 1 saturated carbocycles. The standard InChI is InChI=1S/C12H6F10S2/c13-7-8(14,15)10(17,18)12(21,22)11(19,20)9(7,16)24-23-6-4-2-1-3-5-6/h1-5,7H. The Morgan fingerprint density at radius 2 is 1.21 bits per heavy atom. The molecule has 24 heavy (non-hydrogen) atoms. The van der Waals surface area contributed by atoms with Crippen molar-refractivity contribution in [3.05, 3.63) is 30.3 Å². The lowest BCUT2D eigenvalue weighted by Crippen LogP contribution is -2.78. The van der Waals surface area contributed by atoms with Crippen molar-refractivity contribution in [1.82, 2.24) is 0 Å². The second-order valence-corrected chi connectivity index (χ2v) is 7.23. The smallest absolute Gasteiger partial charge is 0.236 e. The van der Waals surface area contributed by atoms with E-state index in [9.17, 15) is 43.9 Å². The molecule has 0 spiro atoms. The summed E-state index contributed by atoms with van der Waals surface area (Å²) in [6.07, 6.45) is -4.86. The van der Waals surface area contributed by atoms with Gasteiger partial charge in [0, 0.05) is 4.90 Å². The van der Waals surface area contributed by atoms with Crippen molar-refractivity contribution in [2.75, 3.05) is 0 Å². The normalized spacial score (nSPS) is 33.2. The van der Waals surface area contributed by atoms with E-state index >= 15 is 0 Å². The van der Waals surface area contributed by atoms with Crippen molar-refractivity contribution in [2.45, 2.75) is 39.8 Å². The van der Waals surface area contributed by atoms with Gasteiger partial charge in [0.15, 0.2) is 0 Å². The Kier molecular flexibility index (Phi) is 4.57. The summed E-state index contributed by atoms with van der Waals surface area (Å²) in [5.74, 6) is -26.3. The van der Waals surface area contributed by atoms with Crippen LogP contribution in [0.5, 0.6) is 0 Å². The molecule has 1 aliphatic carbocycles. The molecule has 2 rings (SSSR count). The molecule has 136 valence electrons. The van der Waals surface area contributed by atoms with Gasteiger partial charge in [0.1, 0.15) is 0 Å². The fourth-order valence-corrected chi connectivity index (χ4v) is 4.36. The van der Waals surface area contributed by atoms with Crippen LogP contribution in [0.15, 0.2) is 35.2 Å². The number of rotatable bonds is 3. The Labute approximate surface area is 136 Å². The highest BCUT2D eigenvalue weighted by atomic mass is 33.1. The van der Waals surface area contributed by atoms with Gasteiger partial charge in [-0.05, 0) is 22.9 Å². The van der Waals surface area contributed by atoms with Gasteiger partial charge in [-0.15, -0.1) is 0 Å². The molecule has 0 aromatic heterocycles. The molecule has 1 aromatic rings. The fourth-order valence-electron chi connectivity index (χ4n) is 1.85. The largest absolute Gasteiger partial charge is 0.382 e. The minimum absolute atomic E-state index is 0.0564. The van der Waals surface area contributed by atoms with Gasteiger partial charge >= 0.3 is 23.7 Å². The van der Waals surface area contributed by atoms with Gasteiger partial charge < -0.3 is 0 Å². The summed E-state index contributed by atoms with van der Waals surface area (Å²) >= 11 is 0. The zero-order valence-corrected chi connectivity index (χ0v) is 12.7. The van der Waals surface area contributed by atoms with Crippen molar-refractivity contribution in [3.63, 3.8) is 0 Å². The fraction of sp³-hybridized carbons (Fsp3) is 0.500. The second kappa shape index (κ2) is 5.61. The first kappa shape index (κ1) is 19.5. The van der Waals surface area contributed by atoms with Gasteiger partial charge in [-0.3, -0.25) is 0 Å². The quantitative estimate of drug-likeness (QED) is 0.449. The molecule has 1 aromatic carbocycles. The third kappa shape index (κ3) is 2.31. The SMILES string of the molecule is FC1C(F)(F)C(F)(F)C(F)(F)C(F)(F)C1(F)SSc1ccccc1. The molecule has 0 heterocycles. The van der Waals surface area contributed by atoms with E-state index in [1.807, 2.05) is 0 Å². The summed E-state index contributed by atoms with van der Waals surface area (Å²) in [7, 11) is -1.05. The van der Waals surface area contributed by atoms with Crippen LogP contribution < -0.4 is 0 Å². The van der Waals surface area contributed by atoms with Gasteiger partial charge in [0.05, 0.1) is 0 Å². The molecule has 0 radical (unpaired) electrons. The van der Waals surface area contributed by atoms with Crippen LogP contribution in [0.4, 0.5) is 43.9 Å². The second-order valence-electron chi connectivity index (χ2n) is 4.83. The molecule has 0 nitrogen and oxygen atoms in total. The van der Waals surface area contributed by atoms with Gasteiger partial charge in [-0.2, -0.15) is 35.1 Å². The van der Waals surface area contributed by atoms with E-state index in [4.69, 9.17) is 0 Å². The summed E-state index contributed by atoms with van der Waals surface area (Å²) in [5, 5.41) is -5.29. The van der Waals surface area contributed by atoms with Crippen LogP contribution in [0.2, 0.25) is 0 Å². The zero-order valence-electron chi connectivity index (χ0n) is 11.1. The minimum atomic E-state index is -6.80. The highest BCUT2D eigenvalue weighted by molar-refractivity contribution is 8.77. The molecule has 0 saturated heterocycles. The van der Waals surface area contributed by atoms with E-state index in [0.717, 1.165) is 0 Å². The maximum Gasteiger partial charge on any atom is 0.382 e. The average Bonchev–Trinajstić information content (AvgIpc) is 2.51. The summed E-state index contributed by atoms with van der Waals surface area (Å²) in [6.45, 7) is 0. The lowest BCUT2D eigenvalue weighted by molar-refractivity contribution is -0.427. The van der Waals surface area contributed by atoms with Crippen LogP contribution in [0.3, 0.4) is 0 Å². The van der Waals surface area contributed by atoms with Crippen LogP contribution in [0.25, 0.3) is 0 Å². The van der Waals surface area contributed by atoms with Gasteiger partial charge in [-0.1, -0.05) is 29.0 Å². The maximum atomic E-state index is 14.3. The van der Waals surface area contributed by atoms with Crippen molar-refractivity contribution < 1.29 is 43.9 Å². The minimum Gasteiger partial charge on any atom is -0.236 e. The molecule has 0 bridgehead atoms. The van der Waals surface area contributed by atoms with Crippen LogP contribution in [-0.4, -0.2) is 34.9 Å². The number of benzene rings is 1. The van der Waals surface area contributed by atoms with Crippen LogP contribution in [-0.2, 0) is 0 Å². The number of alkyl halides is 10. The molecule has 12 heteroatoms. The zero-order chi connectivity index (χ0) is 18.6. The molecule has 2 atom stereocenters. The molecule has 1 aliphatic rings. The van der Waals surface area contributed by atoms with Crippen molar-refractivity contribution >= 4 is 21.6 Å². The van der Waals surface area contributed by atoms with E-state index in [2.05, 4.69) is 0 Å². The Morgan fingerprint density at radius 1 is 0.708 bits per heavy atom. The van der Waals surface area contributed by atoms with Gasteiger partial charge in [-0.25, -0.2) is 8.78 Å². The molecule has 2 unspecified atom stereocenters. The highest BCUT2D eigenvalue weighted by Gasteiger charge is 2.95. The summed E-state index contributed by atoms with van der Waals surface area (Å²) in [6, 6.07) is 6.41. The van der Waals surface area contributed by atoms with E-state index < -0.39 is 45.7 Å². The Bertz CT molecular complexity index is 605. The summed E-state index contributed by atoms with van der Waals surface area (Å²) in [4.78, 5) is -0.0634. The molecule has 1 fully saturated rings. The number of hydrogen-bond donors (Lipinski definition) is 0. The Balaban J connectivity index is 2.47. The van der Waals surface area contributed by atoms with Gasteiger partial charge in [0.25, 0.3) is 5.00 Å². The van der Waals surface area contributed by atoms with E-state index in [1.165, 1.54) is 30.3 Å². The van der Waals surface area contributed by atoms with Gasteiger partial charge in [0.2, 0.25) is 6.17 Å². The molecule has 0 amide bonds. The maximum absolute atomic E-state index is 14.3. The predicted molar refractivity (Wildman–Crippen MR) is 68.4 cm³/mol. The Hall–Kier alpha value is -0.780. The van der Waals surface area contributed by atoms with Crippen molar-refractivity contribution in [2.24, 2.45) is 0 Å². The van der Waals surface area contributed by atoms with E-state index in [-0.39, 0.29) is 15.7 Å². The third-order valence-electron chi connectivity index (χ3n) is 3.28. The summed E-state index contributed by atoms with van der Waals surface area (Å²) in [5.41, 5.74) is 0. The van der Waals surface area contributed by atoms with Crippen molar-refractivity contribution in [1.29, 1.82) is 0 Å². The van der Waals surface area contributed by atoms with Crippen LogP contribution >= 0.6 is 21.6 Å². The predicted octanol–water partition coefficient (Wildman–Crippen LogP) is 5.99.